The highest BCUT2D eigenvalue weighted by Crippen LogP contribution is 2.24. The number of esters is 1. The van der Waals surface area contributed by atoms with Crippen LogP contribution in [0.1, 0.15) is 37.4 Å². The lowest BCUT2D eigenvalue weighted by Gasteiger charge is -2.35. The maximum absolute atomic E-state index is 13.9. The molecule has 0 aliphatic carbocycles. The van der Waals surface area contributed by atoms with E-state index in [0.717, 1.165) is 29.2 Å². The summed E-state index contributed by atoms with van der Waals surface area (Å²) in [6, 6.07) is 13.2. The molecule has 43 heavy (non-hydrogen) atoms. The summed E-state index contributed by atoms with van der Waals surface area (Å²) in [4.78, 5) is 62.7. The largest absolute Gasteiger partial charge is 0.467 e. The van der Waals surface area contributed by atoms with Crippen LogP contribution < -0.4 is 5.53 Å². The number of hydrazine groups is 2. The van der Waals surface area contributed by atoms with Crippen molar-refractivity contribution in [1.29, 1.82) is 0 Å². The van der Waals surface area contributed by atoms with Crippen LogP contribution in [0.4, 0.5) is 0 Å². The van der Waals surface area contributed by atoms with Crippen molar-refractivity contribution in [3.63, 3.8) is 0 Å². The Balaban J connectivity index is 1.39. The van der Waals surface area contributed by atoms with Crippen molar-refractivity contribution in [2.45, 2.75) is 51.2 Å². The third-order valence-electron chi connectivity index (χ3n) is 8.16. The number of methoxy groups -OCH3 is 1. The average Bonchev–Trinajstić information content (AvgIpc) is 3.78. The van der Waals surface area contributed by atoms with Gasteiger partial charge in [0.15, 0.2) is 0 Å². The fourth-order valence-corrected chi connectivity index (χ4v) is 5.92. The first kappa shape index (κ1) is 30.3. The molecule has 0 saturated carbocycles. The molecule has 1 aromatic heterocycles. The molecule has 2 fully saturated rings. The molecule has 2 amide bonds. The number of hydrogen-bond donors (Lipinski definition) is 2. The zero-order valence-corrected chi connectivity index (χ0v) is 24.7. The fraction of sp³-hybridized carbons (Fsp3) is 0.452. The first-order valence-electron chi connectivity index (χ1n) is 14.7. The van der Waals surface area contributed by atoms with E-state index in [1.54, 1.807) is 24.5 Å². The predicted octanol–water partition coefficient (Wildman–Crippen LogP) is 1.68. The van der Waals surface area contributed by atoms with Crippen LogP contribution in [-0.2, 0) is 36.9 Å². The first-order chi connectivity index (χ1) is 20.8. The lowest BCUT2D eigenvalue weighted by atomic mass is 10.0. The molecule has 2 atom stereocenters. The van der Waals surface area contributed by atoms with Crippen molar-refractivity contribution < 1.29 is 23.9 Å². The van der Waals surface area contributed by atoms with Gasteiger partial charge in [0, 0.05) is 44.8 Å². The Labute approximate surface area is 250 Å². The predicted molar refractivity (Wildman–Crippen MR) is 159 cm³/mol. The smallest absolute Gasteiger partial charge is 0.329 e. The normalized spacial score (nSPS) is 18.0. The molecule has 2 N–H and O–H groups in total. The minimum atomic E-state index is -0.925. The number of benzene rings is 2. The van der Waals surface area contributed by atoms with Gasteiger partial charge in [0.1, 0.15) is 11.8 Å². The molecule has 0 radical (unpaired) electrons. The van der Waals surface area contributed by atoms with Gasteiger partial charge in [0.05, 0.1) is 38.6 Å². The van der Waals surface area contributed by atoms with Crippen LogP contribution in [0.15, 0.2) is 55.0 Å². The molecular formula is C31H39N7O5. The van der Waals surface area contributed by atoms with Crippen LogP contribution in [-0.4, -0.2) is 105 Å². The number of H-pyrrole nitrogens is 1. The first-order valence-corrected chi connectivity index (χ1v) is 14.7. The number of nitrogens with zero attached hydrogens (tertiary/aromatic N) is 5. The van der Waals surface area contributed by atoms with E-state index < -0.39 is 12.0 Å². The zero-order valence-electron chi connectivity index (χ0n) is 24.7. The Morgan fingerprint density at radius 3 is 2.72 bits per heavy atom. The zero-order chi connectivity index (χ0) is 30.3. The van der Waals surface area contributed by atoms with E-state index >= 15 is 0 Å². The number of ketones is 1. The number of fused-ring (bicyclic) bond motifs is 1. The number of aromatic amines is 1. The monoisotopic (exact) mass is 589 g/mol. The van der Waals surface area contributed by atoms with E-state index in [1.165, 1.54) is 12.1 Å². The highest BCUT2D eigenvalue weighted by atomic mass is 16.5. The summed E-state index contributed by atoms with van der Waals surface area (Å²) in [5.74, 6) is -0.848. The molecule has 5 rings (SSSR count). The summed E-state index contributed by atoms with van der Waals surface area (Å²) in [5, 5.41) is 5.09. The molecule has 0 bridgehead atoms. The summed E-state index contributed by atoms with van der Waals surface area (Å²) < 4.78 is 4.95. The number of aromatic nitrogens is 2. The van der Waals surface area contributed by atoms with Crippen molar-refractivity contribution in [1.82, 2.24) is 35.3 Å². The Kier molecular flexibility index (Phi) is 9.80. The van der Waals surface area contributed by atoms with Gasteiger partial charge in [-0.25, -0.2) is 19.8 Å². The Bertz CT molecular complexity index is 1440. The van der Waals surface area contributed by atoms with Crippen molar-refractivity contribution in [3.8, 4) is 0 Å². The number of nitrogens with one attached hydrogen (secondary N) is 2. The van der Waals surface area contributed by atoms with Crippen LogP contribution in [0.2, 0.25) is 0 Å². The molecule has 12 heteroatoms. The molecule has 12 nitrogen and oxygen atoms in total. The summed E-state index contributed by atoms with van der Waals surface area (Å²) in [6.07, 6.45) is 5.58. The summed E-state index contributed by atoms with van der Waals surface area (Å²) in [5.41, 5.74) is 4.75. The highest BCUT2D eigenvalue weighted by Gasteiger charge is 2.34. The Morgan fingerprint density at radius 1 is 1.16 bits per heavy atom. The van der Waals surface area contributed by atoms with Crippen LogP contribution in [0.3, 0.4) is 0 Å². The molecule has 1 unspecified atom stereocenters. The van der Waals surface area contributed by atoms with E-state index in [9.17, 15) is 19.2 Å². The lowest BCUT2D eigenvalue weighted by Crippen LogP contribution is -2.59. The number of carbonyl (C=O) groups excluding carboxylic acids is 4. The minimum absolute atomic E-state index is 0.00680. The SMILES string of the molecule is COC(=O)[C@H](C)N(NN1CCC(=O)C1)C(=O)CN(Cc1cccc2ccccc12)CC1CCCN1C(=O)Cc1c[nH]cn1. The van der Waals surface area contributed by atoms with E-state index in [1.807, 2.05) is 28.0 Å². The number of carbonyl (C=O) groups is 4. The lowest BCUT2D eigenvalue weighted by molar-refractivity contribution is -0.160. The van der Waals surface area contributed by atoms with Gasteiger partial charge >= 0.3 is 5.97 Å². The van der Waals surface area contributed by atoms with Crippen molar-refractivity contribution in [2.24, 2.45) is 0 Å². The quantitative estimate of drug-likeness (QED) is 0.239. The van der Waals surface area contributed by atoms with Crippen LogP contribution in [0.5, 0.6) is 0 Å². The van der Waals surface area contributed by atoms with Crippen molar-refractivity contribution >= 4 is 34.3 Å². The number of ether oxygens (including phenoxy) is 1. The van der Waals surface area contributed by atoms with E-state index in [0.29, 0.717) is 38.3 Å². The van der Waals surface area contributed by atoms with Gasteiger partial charge in [-0.3, -0.25) is 19.3 Å². The van der Waals surface area contributed by atoms with Gasteiger partial charge in [0.2, 0.25) is 5.91 Å². The molecule has 228 valence electrons. The number of likely N-dealkylation sites (tertiary alicyclic amines) is 1. The average molecular weight is 590 g/mol. The molecule has 0 spiro atoms. The van der Waals surface area contributed by atoms with Crippen molar-refractivity contribution in [2.75, 3.05) is 39.8 Å². The van der Waals surface area contributed by atoms with E-state index in [4.69, 9.17) is 4.74 Å². The van der Waals surface area contributed by atoms with Gasteiger partial charge in [0.25, 0.3) is 5.91 Å². The minimum Gasteiger partial charge on any atom is -0.467 e. The molecular weight excluding hydrogens is 550 g/mol. The summed E-state index contributed by atoms with van der Waals surface area (Å²) >= 11 is 0. The van der Waals surface area contributed by atoms with Gasteiger partial charge in [-0.1, -0.05) is 42.5 Å². The number of Topliss-reactive ketones (excluding diaryl/α,β-unsaturated/α-hetero) is 1. The van der Waals surface area contributed by atoms with Gasteiger partial charge in [-0.2, -0.15) is 5.53 Å². The topological polar surface area (TPSA) is 131 Å². The summed E-state index contributed by atoms with van der Waals surface area (Å²) in [6.45, 7) is 3.75. The molecule has 3 heterocycles. The van der Waals surface area contributed by atoms with Gasteiger partial charge < -0.3 is 14.6 Å². The standard InChI is InChI=1S/C31H39N7O5/c1-22(31(42)43-2)38(34-36-14-12-27(39)19-36)30(41)20-35(17-24-9-5-8-23-7-3-4-11-28(23)24)18-26-10-6-13-37(26)29(40)15-25-16-32-21-33-25/h3-5,7-9,11,16,21-22,26,34H,6,10,12-15,17-20H2,1-2H3,(H,32,33)/t22-,26?/m0/s1. The number of imidazole rings is 1. The molecule has 3 aromatic rings. The maximum Gasteiger partial charge on any atom is 0.329 e. The van der Waals surface area contributed by atoms with Crippen LogP contribution >= 0.6 is 0 Å². The van der Waals surface area contributed by atoms with Gasteiger partial charge in [-0.05, 0) is 36.1 Å². The highest BCUT2D eigenvalue weighted by molar-refractivity contribution is 5.87. The van der Waals surface area contributed by atoms with Crippen molar-refractivity contribution in [3.05, 3.63) is 66.2 Å². The molecule has 2 aromatic carbocycles. The van der Waals surface area contributed by atoms with E-state index in [2.05, 4.69) is 39.8 Å². The summed E-state index contributed by atoms with van der Waals surface area (Å²) in [7, 11) is 1.28. The maximum atomic E-state index is 13.9. The molecule has 2 saturated heterocycles. The number of rotatable bonds is 12. The van der Waals surface area contributed by atoms with E-state index in [-0.39, 0.29) is 43.1 Å². The second-order valence-corrected chi connectivity index (χ2v) is 11.2. The second-order valence-electron chi connectivity index (χ2n) is 11.2. The van der Waals surface area contributed by atoms with Crippen LogP contribution in [0.25, 0.3) is 10.8 Å². The second kappa shape index (κ2) is 13.9. The Morgan fingerprint density at radius 2 is 1.98 bits per heavy atom. The van der Waals surface area contributed by atoms with Gasteiger partial charge in [-0.15, -0.1) is 0 Å². The molecule has 2 aliphatic rings. The molecule has 2 aliphatic heterocycles. The van der Waals surface area contributed by atoms with Crippen LogP contribution in [0, 0.1) is 0 Å². The third-order valence-corrected chi connectivity index (χ3v) is 8.16. The third kappa shape index (κ3) is 7.45. The number of hydrogen-bond acceptors (Lipinski definition) is 9. The Hall–Kier alpha value is -4.13. The fourth-order valence-electron chi connectivity index (χ4n) is 5.92. The number of amides is 2.